The van der Waals surface area contributed by atoms with E-state index in [2.05, 4.69) is 4.72 Å². The number of benzene rings is 2. The molecular weight excluding hydrogens is 258 g/mol. The summed E-state index contributed by atoms with van der Waals surface area (Å²) in [5.74, 6) is 0. The Morgan fingerprint density at radius 2 is 1.58 bits per heavy atom. The van der Waals surface area contributed by atoms with Crippen molar-refractivity contribution in [3.63, 3.8) is 0 Å². The molecule has 0 saturated carbocycles. The lowest BCUT2D eigenvalue weighted by molar-refractivity contribution is 0.609. The molecule has 0 aromatic heterocycles. The van der Waals surface area contributed by atoms with Crippen molar-refractivity contribution in [3.05, 3.63) is 71.1 Å². The molecule has 0 radical (unpaired) electrons. The van der Waals surface area contributed by atoms with Crippen molar-refractivity contribution < 1.29 is 8.42 Å². The van der Waals surface area contributed by atoms with Gasteiger partial charge in [-0.15, -0.1) is 0 Å². The highest BCUT2D eigenvalue weighted by molar-refractivity contribution is 7.95. The number of hydrogen-bond acceptors (Lipinski definition) is 2. The molecule has 3 nitrogen and oxygen atoms in total. The van der Waals surface area contributed by atoms with Crippen molar-refractivity contribution >= 4 is 21.8 Å². The first-order chi connectivity index (χ1) is 9.05. The van der Waals surface area contributed by atoms with Crippen LogP contribution in [0.1, 0.15) is 11.1 Å². The first-order valence-corrected chi connectivity index (χ1v) is 7.42. The maximum atomic E-state index is 11.8. The van der Waals surface area contributed by atoms with Crippen molar-refractivity contribution in [2.24, 2.45) is 0 Å². The average molecular weight is 273 g/mol. The SMILES string of the molecule is Cc1ccc(/C=C/S(=O)(=O)Nc2ccccc2)cc1. The van der Waals surface area contributed by atoms with Gasteiger partial charge in [0, 0.05) is 5.69 Å². The molecule has 0 fully saturated rings. The van der Waals surface area contributed by atoms with E-state index < -0.39 is 10.0 Å². The molecule has 1 N–H and O–H groups in total. The lowest BCUT2D eigenvalue weighted by atomic mass is 10.2. The lowest BCUT2D eigenvalue weighted by Gasteiger charge is -2.03. The van der Waals surface area contributed by atoms with E-state index in [9.17, 15) is 8.42 Å². The molecule has 0 aliphatic rings. The van der Waals surface area contributed by atoms with Crippen LogP contribution in [-0.4, -0.2) is 8.42 Å². The predicted molar refractivity (Wildman–Crippen MR) is 79.2 cm³/mol. The van der Waals surface area contributed by atoms with Crippen LogP contribution >= 0.6 is 0 Å². The quantitative estimate of drug-likeness (QED) is 0.928. The largest absolute Gasteiger partial charge is 0.280 e. The Hall–Kier alpha value is -2.07. The fourth-order valence-corrected chi connectivity index (χ4v) is 2.42. The molecular formula is C15H15NO2S. The molecule has 98 valence electrons. The van der Waals surface area contributed by atoms with E-state index in [1.54, 1.807) is 30.3 Å². The van der Waals surface area contributed by atoms with Gasteiger partial charge in [-0.05, 0) is 30.7 Å². The third-order valence-corrected chi connectivity index (χ3v) is 3.57. The van der Waals surface area contributed by atoms with Gasteiger partial charge in [0.05, 0.1) is 5.41 Å². The molecule has 0 unspecified atom stereocenters. The Bertz CT molecular complexity index is 659. The average Bonchev–Trinajstić information content (AvgIpc) is 2.39. The van der Waals surface area contributed by atoms with Gasteiger partial charge in [-0.3, -0.25) is 4.72 Å². The van der Waals surface area contributed by atoms with Crippen LogP contribution in [0.5, 0.6) is 0 Å². The minimum absolute atomic E-state index is 0.552. The highest BCUT2D eigenvalue weighted by Crippen LogP contribution is 2.10. The van der Waals surface area contributed by atoms with Crippen molar-refractivity contribution in [2.45, 2.75) is 6.92 Å². The number of rotatable bonds is 4. The molecule has 2 aromatic rings. The van der Waals surface area contributed by atoms with E-state index in [-0.39, 0.29) is 0 Å². The van der Waals surface area contributed by atoms with Gasteiger partial charge < -0.3 is 0 Å². The molecule has 0 saturated heterocycles. The molecule has 0 aliphatic heterocycles. The van der Waals surface area contributed by atoms with Crippen molar-refractivity contribution in [1.82, 2.24) is 0 Å². The molecule has 0 spiro atoms. The maximum Gasteiger partial charge on any atom is 0.255 e. The molecule has 0 bridgehead atoms. The third-order valence-electron chi connectivity index (χ3n) is 2.55. The summed E-state index contributed by atoms with van der Waals surface area (Å²) in [5, 5.41) is 1.17. The zero-order valence-electron chi connectivity index (χ0n) is 10.6. The number of hydrogen-bond donors (Lipinski definition) is 1. The molecule has 4 heteroatoms. The molecule has 0 amide bonds. The van der Waals surface area contributed by atoms with Gasteiger partial charge in [0.2, 0.25) is 0 Å². The van der Waals surface area contributed by atoms with Gasteiger partial charge in [-0.2, -0.15) is 0 Å². The minimum Gasteiger partial charge on any atom is -0.280 e. The fourth-order valence-electron chi connectivity index (χ4n) is 1.55. The first-order valence-electron chi connectivity index (χ1n) is 5.88. The number of nitrogens with one attached hydrogen (secondary N) is 1. The highest BCUT2D eigenvalue weighted by Gasteiger charge is 2.04. The molecule has 0 heterocycles. The third kappa shape index (κ3) is 4.26. The maximum absolute atomic E-state index is 11.8. The first kappa shape index (κ1) is 13.4. The van der Waals surface area contributed by atoms with Gasteiger partial charge in [0.25, 0.3) is 10.0 Å². The van der Waals surface area contributed by atoms with Crippen LogP contribution in [0.4, 0.5) is 5.69 Å². The van der Waals surface area contributed by atoms with Gasteiger partial charge in [0.15, 0.2) is 0 Å². The number of sulfonamides is 1. The van der Waals surface area contributed by atoms with E-state index in [0.717, 1.165) is 11.1 Å². The normalized spacial score (nSPS) is 11.6. The van der Waals surface area contributed by atoms with Crippen LogP contribution in [0.3, 0.4) is 0 Å². The molecule has 2 aromatic carbocycles. The highest BCUT2D eigenvalue weighted by atomic mass is 32.2. The zero-order valence-corrected chi connectivity index (χ0v) is 11.4. The Labute approximate surface area is 113 Å². The summed E-state index contributed by atoms with van der Waals surface area (Å²) in [6.45, 7) is 1.99. The van der Waals surface area contributed by atoms with Crippen LogP contribution in [0, 0.1) is 6.92 Å². The Balaban J connectivity index is 2.11. The summed E-state index contributed by atoms with van der Waals surface area (Å²) in [6, 6.07) is 16.4. The Morgan fingerprint density at radius 3 is 2.21 bits per heavy atom. The summed E-state index contributed by atoms with van der Waals surface area (Å²) in [4.78, 5) is 0. The molecule has 2 rings (SSSR count). The smallest absolute Gasteiger partial charge is 0.255 e. The van der Waals surface area contributed by atoms with Crippen LogP contribution in [0.2, 0.25) is 0 Å². The van der Waals surface area contributed by atoms with Crippen molar-refractivity contribution in [1.29, 1.82) is 0 Å². The van der Waals surface area contributed by atoms with Gasteiger partial charge in [-0.1, -0.05) is 48.0 Å². The molecule has 0 atom stereocenters. The standard InChI is InChI=1S/C15H15NO2S/c1-13-7-9-14(10-8-13)11-12-19(17,18)16-15-5-3-2-4-6-15/h2-12,16H,1H3/b12-11+. The van der Waals surface area contributed by atoms with E-state index in [4.69, 9.17) is 0 Å². The van der Waals surface area contributed by atoms with Crippen molar-refractivity contribution in [2.75, 3.05) is 4.72 Å². The summed E-state index contributed by atoms with van der Waals surface area (Å²) < 4.78 is 26.2. The zero-order chi connectivity index (χ0) is 13.7. The molecule has 0 aliphatic carbocycles. The second kappa shape index (κ2) is 5.71. The fraction of sp³-hybridized carbons (Fsp3) is 0.0667. The monoisotopic (exact) mass is 273 g/mol. The van der Waals surface area contributed by atoms with Crippen LogP contribution in [0.15, 0.2) is 60.0 Å². The van der Waals surface area contributed by atoms with E-state index in [1.165, 1.54) is 5.41 Å². The number of aryl methyl sites for hydroxylation is 1. The second-order valence-corrected chi connectivity index (χ2v) is 5.79. The summed E-state index contributed by atoms with van der Waals surface area (Å²) >= 11 is 0. The van der Waals surface area contributed by atoms with E-state index >= 15 is 0 Å². The predicted octanol–water partition coefficient (Wildman–Crippen LogP) is 3.41. The molecule has 19 heavy (non-hydrogen) atoms. The van der Waals surface area contributed by atoms with Gasteiger partial charge in [-0.25, -0.2) is 8.42 Å². The summed E-state index contributed by atoms with van der Waals surface area (Å²) in [5.41, 5.74) is 2.54. The Kier molecular flexibility index (Phi) is 4.02. The number of para-hydroxylation sites is 1. The topological polar surface area (TPSA) is 46.2 Å². The van der Waals surface area contributed by atoms with Crippen molar-refractivity contribution in [3.8, 4) is 0 Å². The minimum atomic E-state index is -3.47. The number of anilines is 1. The van der Waals surface area contributed by atoms with Gasteiger partial charge >= 0.3 is 0 Å². The van der Waals surface area contributed by atoms with Crippen LogP contribution < -0.4 is 4.72 Å². The lowest BCUT2D eigenvalue weighted by Crippen LogP contribution is -2.08. The Morgan fingerprint density at radius 1 is 0.947 bits per heavy atom. The van der Waals surface area contributed by atoms with Crippen LogP contribution in [-0.2, 0) is 10.0 Å². The van der Waals surface area contributed by atoms with E-state index in [0.29, 0.717) is 5.69 Å². The summed E-state index contributed by atoms with van der Waals surface area (Å²) in [7, 11) is -3.47. The second-order valence-electron chi connectivity index (χ2n) is 4.23. The van der Waals surface area contributed by atoms with E-state index in [1.807, 2.05) is 37.3 Å². The summed E-state index contributed by atoms with van der Waals surface area (Å²) in [6.07, 6.45) is 1.57. The van der Waals surface area contributed by atoms with Gasteiger partial charge in [0.1, 0.15) is 0 Å². The van der Waals surface area contributed by atoms with Crippen LogP contribution in [0.25, 0.3) is 6.08 Å².